The zero-order chi connectivity index (χ0) is 20.9. The molecule has 4 rings (SSSR count). The van der Waals surface area contributed by atoms with Crippen LogP contribution in [0.1, 0.15) is 18.2 Å². The van der Waals surface area contributed by atoms with Crippen LogP contribution in [0.5, 0.6) is 5.75 Å². The van der Waals surface area contributed by atoms with E-state index in [0.717, 1.165) is 32.1 Å². The van der Waals surface area contributed by atoms with Crippen LogP contribution in [0.25, 0.3) is 22.7 Å². The first kappa shape index (κ1) is 20.1. The first-order chi connectivity index (χ1) is 14.6. The first-order valence-corrected chi connectivity index (χ1v) is 10.5. The number of nitrogens with one attached hydrogen (secondary N) is 1. The molecule has 0 unspecified atom stereocenters. The van der Waals surface area contributed by atoms with Gasteiger partial charge in [0.05, 0.1) is 17.2 Å². The summed E-state index contributed by atoms with van der Waals surface area (Å²) < 4.78 is 34.1. The maximum absolute atomic E-state index is 13.8. The van der Waals surface area contributed by atoms with Crippen molar-refractivity contribution in [1.29, 1.82) is 0 Å². The summed E-state index contributed by atoms with van der Waals surface area (Å²) >= 11 is 1.63. The molecule has 150 valence electrons. The number of hydrogen-bond donors (Lipinski definition) is 1. The van der Waals surface area contributed by atoms with E-state index in [1.807, 2.05) is 66.9 Å². The van der Waals surface area contributed by atoms with Crippen LogP contribution in [0.15, 0.2) is 77.8 Å². The highest BCUT2D eigenvalue weighted by Crippen LogP contribution is 2.25. The van der Waals surface area contributed by atoms with Crippen molar-refractivity contribution in [2.45, 2.75) is 6.92 Å². The van der Waals surface area contributed by atoms with E-state index in [4.69, 9.17) is 4.74 Å². The minimum atomic E-state index is -2.64. The normalized spacial score (nSPS) is 15.0. The molecule has 30 heavy (non-hydrogen) atoms. The van der Waals surface area contributed by atoms with Crippen molar-refractivity contribution in [3.63, 3.8) is 0 Å². The van der Waals surface area contributed by atoms with Crippen molar-refractivity contribution in [2.75, 3.05) is 6.61 Å². The van der Waals surface area contributed by atoms with Crippen LogP contribution in [0.2, 0.25) is 0 Å². The number of hydrogen-bond acceptors (Lipinski definition) is 2. The molecule has 1 aliphatic rings. The first-order valence-electron chi connectivity index (χ1n) is 9.62. The molecule has 3 aromatic rings. The highest BCUT2D eigenvalue weighted by Gasteiger charge is 2.41. The maximum atomic E-state index is 13.8. The van der Waals surface area contributed by atoms with Gasteiger partial charge in [-0.15, -0.1) is 11.3 Å². The number of ether oxygens (including phenoxy) is 1. The minimum absolute atomic E-state index is 0.440. The Bertz CT molecular complexity index is 1130. The van der Waals surface area contributed by atoms with Crippen LogP contribution in [0.3, 0.4) is 0 Å². The third kappa shape index (κ3) is 4.52. The summed E-state index contributed by atoms with van der Waals surface area (Å²) in [5, 5.41) is 2.00. The molecule has 0 fully saturated rings. The molecule has 7 heteroatoms. The van der Waals surface area contributed by atoms with E-state index in [-0.39, 0.29) is 0 Å². The van der Waals surface area contributed by atoms with Crippen LogP contribution >= 0.6 is 11.3 Å². The third-order valence-electron chi connectivity index (χ3n) is 4.61. The smallest absolute Gasteiger partial charge is 0.494 e. The molecule has 0 amide bonds. The standard InChI is InChI=1S/C23H19BF2N2OS/c1-2-29-21-12-6-17(7-13-21)5-9-19-10-11-20(28(19)24(25)26)16-18-8-14-22(27-18)23-4-3-15-30-23/h3-16H,2H2,1H3/p+1/b9-5+. The predicted octanol–water partition coefficient (Wildman–Crippen LogP) is 6.14. The summed E-state index contributed by atoms with van der Waals surface area (Å²) in [6, 6.07) is 15.4. The van der Waals surface area contributed by atoms with Crippen molar-refractivity contribution in [1.82, 2.24) is 4.98 Å². The molecule has 1 aromatic carbocycles. The Hall–Kier alpha value is -3.19. The number of thiophene rings is 1. The number of aromatic nitrogens is 1. The zero-order valence-corrected chi connectivity index (χ0v) is 17.2. The summed E-state index contributed by atoms with van der Waals surface area (Å²) in [6.07, 6.45) is 8.65. The van der Waals surface area contributed by atoms with Crippen molar-refractivity contribution in [3.8, 4) is 16.3 Å². The van der Waals surface area contributed by atoms with Gasteiger partial charge in [-0.2, -0.15) is 0 Å². The molecule has 0 saturated carbocycles. The number of H-pyrrole nitrogens is 1. The lowest BCUT2D eigenvalue weighted by molar-refractivity contribution is -0.339. The van der Waals surface area contributed by atoms with Gasteiger partial charge in [0, 0.05) is 30.0 Å². The molecule has 0 bridgehead atoms. The fourth-order valence-electron chi connectivity index (χ4n) is 3.21. The topological polar surface area (TPSA) is 28.0 Å². The quantitative estimate of drug-likeness (QED) is 0.456. The SMILES string of the molecule is CCOc1ccc(/C=C/C2=[N+](B(F)F)C(=C\c3ccc(-c4cccs4)[nH]3)/C=C2)cc1. The maximum Gasteiger partial charge on any atom is 0.935 e. The Balaban J connectivity index is 1.57. The molecule has 0 radical (unpaired) electrons. The van der Waals surface area contributed by atoms with E-state index < -0.39 is 7.40 Å². The van der Waals surface area contributed by atoms with Gasteiger partial charge in [-0.25, -0.2) is 13.1 Å². The number of aromatic amines is 1. The second-order valence-electron chi connectivity index (χ2n) is 6.62. The molecule has 2 aromatic heterocycles. The highest BCUT2D eigenvalue weighted by molar-refractivity contribution is 7.13. The van der Waals surface area contributed by atoms with Crippen molar-refractivity contribution < 1.29 is 17.9 Å². The Morgan fingerprint density at radius 1 is 1.07 bits per heavy atom. The van der Waals surface area contributed by atoms with Gasteiger partial charge in [-0.05, 0) is 54.3 Å². The molecule has 0 saturated heterocycles. The minimum Gasteiger partial charge on any atom is -0.494 e. The summed E-state index contributed by atoms with van der Waals surface area (Å²) in [4.78, 5) is 4.39. The largest absolute Gasteiger partial charge is 0.935 e. The molecule has 0 atom stereocenters. The van der Waals surface area contributed by atoms with Gasteiger partial charge in [-0.3, -0.25) is 0 Å². The van der Waals surface area contributed by atoms with Crippen molar-refractivity contribution >= 4 is 36.6 Å². The van der Waals surface area contributed by atoms with Gasteiger partial charge in [0.1, 0.15) is 5.75 Å². The fraction of sp³-hybridized carbons (Fsp3) is 0.0870. The lowest BCUT2D eigenvalue weighted by atomic mass is 10.1. The van der Waals surface area contributed by atoms with Gasteiger partial charge in [0.25, 0.3) is 0 Å². The average molecular weight is 421 g/mol. The van der Waals surface area contributed by atoms with E-state index in [2.05, 4.69) is 4.98 Å². The van der Waals surface area contributed by atoms with Crippen molar-refractivity contribution in [2.24, 2.45) is 0 Å². The Morgan fingerprint density at radius 2 is 1.90 bits per heavy atom. The Kier molecular flexibility index (Phi) is 6.09. The summed E-state index contributed by atoms with van der Waals surface area (Å²) in [7, 11) is -2.64. The fourth-order valence-corrected chi connectivity index (χ4v) is 3.92. The van der Waals surface area contributed by atoms with Gasteiger partial charge < -0.3 is 9.72 Å². The second kappa shape index (κ2) is 9.09. The summed E-state index contributed by atoms with van der Waals surface area (Å²) in [5.41, 5.74) is 3.55. The van der Waals surface area contributed by atoms with E-state index >= 15 is 0 Å². The van der Waals surface area contributed by atoms with Crippen LogP contribution in [-0.4, -0.2) is 29.2 Å². The molecule has 0 spiro atoms. The lowest BCUT2D eigenvalue weighted by Crippen LogP contribution is -2.23. The van der Waals surface area contributed by atoms with E-state index in [1.165, 1.54) is 0 Å². The molecule has 0 aliphatic carbocycles. The van der Waals surface area contributed by atoms with Gasteiger partial charge >= 0.3 is 7.40 Å². The van der Waals surface area contributed by atoms with E-state index in [1.54, 1.807) is 35.6 Å². The predicted molar refractivity (Wildman–Crippen MR) is 121 cm³/mol. The zero-order valence-electron chi connectivity index (χ0n) is 16.4. The van der Waals surface area contributed by atoms with E-state index in [9.17, 15) is 8.63 Å². The average Bonchev–Trinajstić information content (AvgIpc) is 3.49. The number of halogens is 2. The van der Waals surface area contributed by atoms with Crippen LogP contribution < -0.4 is 4.74 Å². The Labute approximate surface area is 178 Å². The molecule has 3 heterocycles. The molecular formula is C23H20BF2N2OS+. The summed E-state index contributed by atoms with van der Waals surface area (Å²) in [5.74, 6) is 0.787. The number of benzene rings is 1. The van der Waals surface area contributed by atoms with Crippen LogP contribution in [0, 0.1) is 0 Å². The molecule has 1 N–H and O–H groups in total. The van der Waals surface area contributed by atoms with Crippen LogP contribution in [-0.2, 0) is 0 Å². The second-order valence-corrected chi connectivity index (χ2v) is 7.56. The van der Waals surface area contributed by atoms with Crippen LogP contribution in [0.4, 0.5) is 8.63 Å². The molecular weight excluding hydrogens is 401 g/mol. The number of rotatable bonds is 7. The number of allylic oxidation sites excluding steroid dienone is 3. The van der Waals surface area contributed by atoms with Gasteiger partial charge in [0.2, 0.25) is 0 Å². The molecule has 3 nitrogen and oxygen atoms in total. The highest BCUT2D eigenvalue weighted by atomic mass is 32.1. The third-order valence-corrected chi connectivity index (χ3v) is 5.52. The van der Waals surface area contributed by atoms with Crippen molar-refractivity contribution in [3.05, 3.63) is 89.1 Å². The van der Waals surface area contributed by atoms with Gasteiger partial charge in [-0.1, -0.05) is 18.2 Å². The van der Waals surface area contributed by atoms with E-state index in [0.29, 0.717) is 18.0 Å². The Morgan fingerprint density at radius 3 is 2.60 bits per heavy atom. The monoisotopic (exact) mass is 421 g/mol. The summed E-state index contributed by atoms with van der Waals surface area (Å²) in [6.45, 7) is 2.53. The lowest BCUT2D eigenvalue weighted by Gasteiger charge is -2.02. The molecule has 1 aliphatic heterocycles. The number of nitrogens with zero attached hydrogens (tertiary/aromatic N) is 1. The van der Waals surface area contributed by atoms with Gasteiger partial charge in [0.15, 0.2) is 11.4 Å².